The predicted octanol–water partition coefficient (Wildman–Crippen LogP) is 3.14. The molecule has 0 bridgehead atoms. The van der Waals surface area contributed by atoms with Gasteiger partial charge in [0.2, 0.25) is 0 Å². The van der Waals surface area contributed by atoms with E-state index in [2.05, 4.69) is 67.3 Å². The lowest BCUT2D eigenvalue weighted by Crippen LogP contribution is -2.35. The smallest absolute Gasteiger partial charge is 0.0363 e. The third kappa shape index (κ3) is 4.72. The Labute approximate surface area is 130 Å². The second-order valence-electron chi connectivity index (χ2n) is 6.50. The monoisotopic (exact) mass is 289 g/mol. The fourth-order valence-electron chi connectivity index (χ4n) is 3.18. The SMILES string of the molecule is CCNC(C)c1ccc(N(C)CC2CCN(C)CC2)cc1. The lowest BCUT2D eigenvalue weighted by atomic mass is 9.96. The van der Waals surface area contributed by atoms with Crippen molar-refractivity contribution in [2.75, 3.05) is 45.2 Å². The molecule has 118 valence electrons. The van der Waals surface area contributed by atoms with Gasteiger partial charge in [-0.15, -0.1) is 0 Å². The van der Waals surface area contributed by atoms with Gasteiger partial charge in [0.15, 0.2) is 0 Å². The second kappa shape index (κ2) is 7.81. The summed E-state index contributed by atoms with van der Waals surface area (Å²) < 4.78 is 0. The summed E-state index contributed by atoms with van der Waals surface area (Å²) in [5.41, 5.74) is 2.70. The van der Waals surface area contributed by atoms with Crippen LogP contribution < -0.4 is 10.2 Å². The van der Waals surface area contributed by atoms with Gasteiger partial charge in [0.25, 0.3) is 0 Å². The maximum Gasteiger partial charge on any atom is 0.0363 e. The standard InChI is InChI=1S/C18H31N3/c1-5-19-15(2)17-6-8-18(9-7-17)21(4)14-16-10-12-20(3)13-11-16/h6-9,15-16,19H,5,10-14H2,1-4H3. The number of anilines is 1. The van der Waals surface area contributed by atoms with Crippen LogP contribution in [-0.2, 0) is 0 Å². The molecule has 1 aliphatic rings. The number of piperidine rings is 1. The van der Waals surface area contributed by atoms with Gasteiger partial charge in [-0.1, -0.05) is 19.1 Å². The summed E-state index contributed by atoms with van der Waals surface area (Å²) in [4.78, 5) is 4.85. The first kappa shape index (κ1) is 16.3. The normalized spacial score (nSPS) is 18.7. The van der Waals surface area contributed by atoms with Gasteiger partial charge in [0.05, 0.1) is 0 Å². The highest BCUT2D eigenvalue weighted by Gasteiger charge is 2.18. The van der Waals surface area contributed by atoms with E-state index >= 15 is 0 Å². The van der Waals surface area contributed by atoms with Gasteiger partial charge < -0.3 is 15.1 Å². The van der Waals surface area contributed by atoms with E-state index in [4.69, 9.17) is 0 Å². The van der Waals surface area contributed by atoms with Crippen LogP contribution in [-0.4, -0.2) is 45.2 Å². The zero-order valence-corrected chi connectivity index (χ0v) is 14.1. The molecule has 1 atom stereocenters. The molecule has 1 N–H and O–H groups in total. The number of nitrogens with one attached hydrogen (secondary N) is 1. The van der Waals surface area contributed by atoms with Crippen LogP contribution in [0, 0.1) is 5.92 Å². The number of hydrogen-bond donors (Lipinski definition) is 1. The van der Waals surface area contributed by atoms with E-state index in [0.29, 0.717) is 6.04 Å². The molecule has 1 heterocycles. The van der Waals surface area contributed by atoms with Crippen molar-refractivity contribution in [3.8, 4) is 0 Å². The quantitative estimate of drug-likeness (QED) is 0.868. The first-order valence-corrected chi connectivity index (χ1v) is 8.33. The maximum atomic E-state index is 3.46. The Morgan fingerprint density at radius 2 is 1.86 bits per heavy atom. The van der Waals surface area contributed by atoms with Gasteiger partial charge >= 0.3 is 0 Å². The molecule has 0 amide bonds. The highest BCUT2D eigenvalue weighted by molar-refractivity contribution is 5.47. The third-order valence-electron chi connectivity index (χ3n) is 4.71. The van der Waals surface area contributed by atoms with Gasteiger partial charge in [0, 0.05) is 25.3 Å². The molecule has 0 radical (unpaired) electrons. The largest absolute Gasteiger partial charge is 0.374 e. The number of hydrogen-bond acceptors (Lipinski definition) is 3. The van der Waals surface area contributed by atoms with E-state index in [1.807, 2.05) is 0 Å². The highest BCUT2D eigenvalue weighted by atomic mass is 15.1. The second-order valence-corrected chi connectivity index (χ2v) is 6.50. The summed E-state index contributed by atoms with van der Waals surface area (Å²) >= 11 is 0. The Kier molecular flexibility index (Phi) is 6.07. The van der Waals surface area contributed by atoms with Crippen LogP contribution in [0.3, 0.4) is 0 Å². The van der Waals surface area contributed by atoms with E-state index in [0.717, 1.165) is 12.5 Å². The van der Waals surface area contributed by atoms with Crippen molar-refractivity contribution in [3.63, 3.8) is 0 Å². The van der Waals surface area contributed by atoms with Gasteiger partial charge in [-0.25, -0.2) is 0 Å². The lowest BCUT2D eigenvalue weighted by molar-refractivity contribution is 0.222. The Bertz CT molecular complexity index is 407. The summed E-state index contributed by atoms with van der Waals surface area (Å²) in [6.07, 6.45) is 2.66. The molecule has 0 saturated carbocycles. The molecule has 21 heavy (non-hydrogen) atoms. The fourth-order valence-corrected chi connectivity index (χ4v) is 3.18. The van der Waals surface area contributed by atoms with Gasteiger partial charge in [0.1, 0.15) is 0 Å². The summed E-state index contributed by atoms with van der Waals surface area (Å²) in [7, 11) is 4.45. The Balaban J connectivity index is 1.89. The molecule has 1 aromatic carbocycles. The molecule has 3 nitrogen and oxygen atoms in total. The molecule has 0 spiro atoms. The van der Waals surface area contributed by atoms with E-state index in [-0.39, 0.29) is 0 Å². The summed E-state index contributed by atoms with van der Waals surface area (Å²) in [6.45, 7) is 9.06. The summed E-state index contributed by atoms with van der Waals surface area (Å²) in [5, 5.41) is 3.46. The molecule has 1 unspecified atom stereocenters. The van der Waals surface area contributed by atoms with Gasteiger partial charge in [-0.05, 0) is 70.1 Å². The Hall–Kier alpha value is -1.06. The van der Waals surface area contributed by atoms with Gasteiger partial charge in [-0.3, -0.25) is 0 Å². The van der Waals surface area contributed by atoms with Gasteiger partial charge in [-0.2, -0.15) is 0 Å². The number of rotatable bonds is 6. The minimum absolute atomic E-state index is 0.434. The van der Waals surface area contributed by atoms with Crippen molar-refractivity contribution in [1.82, 2.24) is 10.2 Å². The van der Waals surface area contributed by atoms with Crippen molar-refractivity contribution in [2.45, 2.75) is 32.7 Å². The first-order valence-electron chi connectivity index (χ1n) is 8.33. The topological polar surface area (TPSA) is 18.5 Å². The van der Waals surface area contributed by atoms with Crippen LogP contribution >= 0.6 is 0 Å². The van der Waals surface area contributed by atoms with E-state index in [1.165, 1.54) is 43.7 Å². The zero-order valence-electron chi connectivity index (χ0n) is 14.1. The van der Waals surface area contributed by atoms with E-state index in [9.17, 15) is 0 Å². The lowest BCUT2D eigenvalue weighted by Gasteiger charge is -2.32. The summed E-state index contributed by atoms with van der Waals surface area (Å²) in [5.74, 6) is 0.839. The molecule has 0 aliphatic carbocycles. The van der Waals surface area contributed by atoms with E-state index in [1.54, 1.807) is 0 Å². The van der Waals surface area contributed by atoms with Crippen LogP contribution in [0.5, 0.6) is 0 Å². The highest BCUT2D eigenvalue weighted by Crippen LogP contribution is 2.22. The molecule has 2 rings (SSSR count). The summed E-state index contributed by atoms with van der Waals surface area (Å²) in [6, 6.07) is 9.47. The molecule has 1 aliphatic heterocycles. The molecular formula is C18H31N3. The van der Waals surface area contributed by atoms with Crippen LogP contribution in [0.4, 0.5) is 5.69 Å². The van der Waals surface area contributed by atoms with Crippen molar-refractivity contribution < 1.29 is 0 Å². The number of benzene rings is 1. The molecule has 3 heteroatoms. The van der Waals surface area contributed by atoms with E-state index < -0.39 is 0 Å². The van der Waals surface area contributed by atoms with Crippen LogP contribution in [0.1, 0.15) is 38.3 Å². The van der Waals surface area contributed by atoms with Crippen molar-refractivity contribution in [1.29, 1.82) is 0 Å². The van der Waals surface area contributed by atoms with Crippen molar-refractivity contribution in [2.24, 2.45) is 5.92 Å². The first-order chi connectivity index (χ1) is 10.1. The third-order valence-corrected chi connectivity index (χ3v) is 4.71. The van der Waals surface area contributed by atoms with Crippen LogP contribution in [0.2, 0.25) is 0 Å². The number of likely N-dealkylation sites (tertiary alicyclic amines) is 1. The minimum atomic E-state index is 0.434. The van der Waals surface area contributed by atoms with Crippen molar-refractivity contribution in [3.05, 3.63) is 29.8 Å². The van der Waals surface area contributed by atoms with Crippen molar-refractivity contribution >= 4 is 5.69 Å². The molecule has 1 fully saturated rings. The maximum absolute atomic E-state index is 3.46. The zero-order chi connectivity index (χ0) is 15.2. The fraction of sp³-hybridized carbons (Fsp3) is 0.667. The minimum Gasteiger partial charge on any atom is -0.374 e. The Morgan fingerprint density at radius 3 is 2.43 bits per heavy atom. The average molecular weight is 289 g/mol. The number of nitrogens with zero attached hydrogens (tertiary/aromatic N) is 2. The molecule has 1 saturated heterocycles. The molecule has 1 aromatic rings. The van der Waals surface area contributed by atoms with Crippen LogP contribution in [0.15, 0.2) is 24.3 Å². The predicted molar refractivity (Wildman–Crippen MR) is 92.0 cm³/mol. The molecular weight excluding hydrogens is 258 g/mol. The average Bonchev–Trinajstić information content (AvgIpc) is 2.50. The van der Waals surface area contributed by atoms with Crippen LogP contribution in [0.25, 0.3) is 0 Å². The molecule has 0 aromatic heterocycles. The Morgan fingerprint density at radius 1 is 1.24 bits per heavy atom.